The minimum Gasteiger partial charge on any atom is -0.353 e. The van der Waals surface area contributed by atoms with E-state index in [9.17, 15) is 4.79 Å². The molecule has 1 heterocycles. The maximum atomic E-state index is 11.5. The molecule has 4 nitrogen and oxygen atoms in total. The Morgan fingerprint density at radius 3 is 2.64 bits per heavy atom. The van der Waals surface area contributed by atoms with Crippen molar-refractivity contribution < 1.29 is 4.79 Å². The van der Waals surface area contributed by atoms with E-state index in [0.717, 1.165) is 25.9 Å². The Morgan fingerprint density at radius 2 is 2.14 bits per heavy atom. The highest BCUT2D eigenvalue weighted by atomic mass is 16.1. The highest BCUT2D eigenvalue weighted by molar-refractivity contribution is 5.78. The first kappa shape index (κ1) is 11.5. The summed E-state index contributed by atoms with van der Waals surface area (Å²) < 4.78 is 0. The molecule has 0 aromatic carbocycles. The lowest BCUT2D eigenvalue weighted by molar-refractivity contribution is -0.125. The number of nitrogens with two attached hydrogens (primary N) is 1. The van der Waals surface area contributed by atoms with Crippen molar-refractivity contribution in [2.75, 3.05) is 26.7 Å². The van der Waals surface area contributed by atoms with Gasteiger partial charge in [0, 0.05) is 18.5 Å². The van der Waals surface area contributed by atoms with Crippen molar-refractivity contribution >= 4 is 5.91 Å². The number of nitrogens with one attached hydrogen (secondary N) is 1. The number of nitrogens with zero attached hydrogens (tertiary/aromatic N) is 1. The van der Waals surface area contributed by atoms with Crippen molar-refractivity contribution in [3.8, 4) is 0 Å². The van der Waals surface area contributed by atoms with Crippen molar-refractivity contribution in [1.82, 2.24) is 10.2 Å². The number of amides is 1. The zero-order valence-electron chi connectivity index (χ0n) is 9.12. The third-order valence-electron chi connectivity index (χ3n) is 2.87. The maximum Gasteiger partial charge on any atom is 0.224 e. The summed E-state index contributed by atoms with van der Waals surface area (Å²) in [4.78, 5) is 13.8. The second-order valence-electron chi connectivity index (χ2n) is 4.22. The molecular weight excluding hydrogens is 178 g/mol. The molecule has 0 radical (unpaired) electrons. The van der Waals surface area contributed by atoms with E-state index in [4.69, 9.17) is 5.73 Å². The predicted octanol–water partition coefficient (Wildman–Crippen LogP) is -0.208. The molecule has 1 fully saturated rings. The topological polar surface area (TPSA) is 58.4 Å². The van der Waals surface area contributed by atoms with Gasteiger partial charge in [0.15, 0.2) is 0 Å². The number of likely N-dealkylation sites (tertiary alicyclic amines) is 1. The first-order chi connectivity index (χ1) is 6.63. The lowest BCUT2D eigenvalue weighted by Gasteiger charge is -2.30. The molecule has 14 heavy (non-hydrogen) atoms. The van der Waals surface area contributed by atoms with Gasteiger partial charge in [0.2, 0.25) is 5.91 Å². The van der Waals surface area contributed by atoms with Crippen molar-refractivity contribution in [2.45, 2.75) is 25.8 Å². The molecule has 1 rings (SSSR count). The highest BCUT2D eigenvalue weighted by Gasteiger charge is 2.20. The number of carbonyl (C=O) groups is 1. The second-order valence-corrected chi connectivity index (χ2v) is 4.22. The second kappa shape index (κ2) is 5.32. The largest absolute Gasteiger partial charge is 0.353 e. The van der Waals surface area contributed by atoms with Crippen LogP contribution in [0, 0.1) is 5.92 Å². The summed E-state index contributed by atoms with van der Waals surface area (Å²) in [5.41, 5.74) is 5.43. The molecule has 1 amide bonds. The van der Waals surface area contributed by atoms with Crippen molar-refractivity contribution in [1.29, 1.82) is 0 Å². The summed E-state index contributed by atoms with van der Waals surface area (Å²) in [7, 11) is 2.11. The average molecular weight is 199 g/mol. The monoisotopic (exact) mass is 199 g/mol. The van der Waals surface area contributed by atoms with Crippen LogP contribution in [0.4, 0.5) is 0 Å². The summed E-state index contributed by atoms with van der Waals surface area (Å²) >= 11 is 0. The van der Waals surface area contributed by atoms with Crippen molar-refractivity contribution in [3.63, 3.8) is 0 Å². The van der Waals surface area contributed by atoms with Gasteiger partial charge in [-0.05, 0) is 33.0 Å². The SMILES string of the molecule is CC(CN)C(=O)NC1CCN(C)CC1. The fourth-order valence-electron chi connectivity index (χ4n) is 1.60. The van der Waals surface area contributed by atoms with E-state index in [1.807, 2.05) is 6.92 Å². The normalized spacial score (nSPS) is 21.9. The van der Waals surface area contributed by atoms with E-state index in [2.05, 4.69) is 17.3 Å². The van der Waals surface area contributed by atoms with Gasteiger partial charge in [0.05, 0.1) is 0 Å². The zero-order chi connectivity index (χ0) is 10.6. The third kappa shape index (κ3) is 3.27. The first-order valence-corrected chi connectivity index (χ1v) is 5.32. The third-order valence-corrected chi connectivity index (χ3v) is 2.87. The predicted molar refractivity (Wildman–Crippen MR) is 56.9 cm³/mol. The van der Waals surface area contributed by atoms with E-state index in [1.165, 1.54) is 0 Å². The minimum atomic E-state index is -0.0605. The summed E-state index contributed by atoms with van der Waals surface area (Å²) in [5, 5.41) is 3.04. The zero-order valence-corrected chi connectivity index (χ0v) is 9.12. The molecule has 1 aliphatic heterocycles. The Morgan fingerprint density at radius 1 is 1.57 bits per heavy atom. The molecule has 0 aliphatic carbocycles. The van der Waals surface area contributed by atoms with Gasteiger partial charge >= 0.3 is 0 Å². The van der Waals surface area contributed by atoms with Crippen LogP contribution in [0.25, 0.3) is 0 Å². The minimum absolute atomic E-state index is 0.0605. The molecule has 4 heteroatoms. The van der Waals surface area contributed by atoms with Gasteiger partial charge in [-0.1, -0.05) is 6.92 Å². The average Bonchev–Trinajstić information content (AvgIpc) is 2.20. The Kier molecular flexibility index (Phi) is 4.35. The Hall–Kier alpha value is -0.610. The van der Waals surface area contributed by atoms with Gasteiger partial charge in [-0.25, -0.2) is 0 Å². The molecule has 1 atom stereocenters. The number of hydrogen-bond donors (Lipinski definition) is 2. The fraction of sp³-hybridized carbons (Fsp3) is 0.900. The molecule has 82 valence electrons. The van der Waals surface area contributed by atoms with Crippen LogP contribution in [-0.2, 0) is 4.79 Å². The quantitative estimate of drug-likeness (QED) is 0.661. The molecule has 1 saturated heterocycles. The number of hydrogen-bond acceptors (Lipinski definition) is 3. The summed E-state index contributed by atoms with van der Waals surface area (Å²) in [6.07, 6.45) is 2.11. The maximum absolute atomic E-state index is 11.5. The van der Waals surface area contributed by atoms with Crippen LogP contribution < -0.4 is 11.1 Å². The smallest absolute Gasteiger partial charge is 0.224 e. The molecule has 1 unspecified atom stereocenters. The highest BCUT2D eigenvalue weighted by Crippen LogP contribution is 2.08. The Balaban J connectivity index is 2.27. The van der Waals surface area contributed by atoms with Crippen molar-refractivity contribution in [2.24, 2.45) is 11.7 Å². The van der Waals surface area contributed by atoms with Crippen LogP contribution in [0.1, 0.15) is 19.8 Å². The van der Waals surface area contributed by atoms with Crippen LogP contribution >= 0.6 is 0 Å². The van der Waals surface area contributed by atoms with Gasteiger partial charge in [-0.15, -0.1) is 0 Å². The van der Waals surface area contributed by atoms with Crippen LogP contribution in [0.3, 0.4) is 0 Å². The molecular formula is C10H21N3O. The molecule has 1 aliphatic rings. The first-order valence-electron chi connectivity index (χ1n) is 5.32. The van der Waals surface area contributed by atoms with E-state index < -0.39 is 0 Å². The lowest BCUT2D eigenvalue weighted by Crippen LogP contribution is -2.45. The lowest BCUT2D eigenvalue weighted by atomic mass is 10.0. The Labute approximate surface area is 85.8 Å². The van der Waals surface area contributed by atoms with E-state index in [-0.39, 0.29) is 11.8 Å². The van der Waals surface area contributed by atoms with Gasteiger partial charge in [0.25, 0.3) is 0 Å². The molecule has 0 aromatic rings. The molecule has 3 N–H and O–H groups in total. The van der Waals surface area contributed by atoms with Crippen LogP contribution in [0.15, 0.2) is 0 Å². The van der Waals surface area contributed by atoms with E-state index in [0.29, 0.717) is 12.6 Å². The number of piperidine rings is 1. The van der Waals surface area contributed by atoms with Gasteiger partial charge in [-0.3, -0.25) is 4.79 Å². The van der Waals surface area contributed by atoms with Crippen molar-refractivity contribution in [3.05, 3.63) is 0 Å². The summed E-state index contributed by atoms with van der Waals surface area (Å²) in [6, 6.07) is 0.354. The van der Waals surface area contributed by atoms with Crippen LogP contribution in [0.2, 0.25) is 0 Å². The fourth-order valence-corrected chi connectivity index (χ4v) is 1.60. The summed E-state index contributed by atoms with van der Waals surface area (Å²) in [6.45, 7) is 4.44. The van der Waals surface area contributed by atoms with Gasteiger partial charge in [0.1, 0.15) is 0 Å². The van der Waals surface area contributed by atoms with Crippen LogP contribution in [-0.4, -0.2) is 43.5 Å². The van der Waals surface area contributed by atoms with Crippen LogP contribution in [0.5, 0.6) is 0 Å². The van der Waals surface area contributed by atoms with E-state index in [1.54, 1.807) is 0 Å². The van der Waals surface area contributed by atoms with Gasteiger partial charge in [-0.2, -0.15) is 0 Å². The molecule has 0 spiro atoms. The number of rotatable bonds is 3. The molecule has 0 aromatic heterocycles. The molecule has 0 bridgehead atoms. The standard InChI is InChI=1S/C10H21N3O/c1-8(7-11)10(14)12-9-3-5-13(2)6-4-9/h8-9H,3-7,11H2,1-2H3,(H,12,14). The van der Waals surface area contributed by atoms with Gasteiger partial charge < -0.3 is 16.0 Å². The molecule has 0 saturated carbocycles. The summed E-state index contributed by atoms with van der Waals surface area (Å²) in [5.74, 6) is 0.0386. The Bertz CT molecular complexity index is 188. The number of carbonyl (C=O) groups excluding carboxylic acids is 1. The van der Waals surface area contributed by atoms with E-state index >= 15 is 0 Å².